The smallest absolute Gasteiger partial charge is 0.230 e. The van der Waals surface area contributed by atoms with Crippen molar-refractivity contribution in [1.82, 2.24) is 0 Å². The minimum Gasteiger partial charge on any atom is -0.497 e. The van der Waals surface area contributed by atoms with E-state index in [4.69, 9.17) is 10.5 Å². The van der Waals surface area contributed by atoms with Crippen LogP contribution in [0.2, 0.25) is 0 Å². The van der Waals surface area contributed by atoms with Gasteiger partial charge in [0.1, 0.15) is 5.75 Å². The molecule has 2 aromatic rings. The summed E-state index contributed by atoms with van der Waals surface area (Å²) in [5, 5.41) is 2.04. The maximum Gasteiger partial charge on any atom is 0.230 e. The molecule has 1 aromatic carbocycles. The lowest BCUT2D eigenvalue weighted by Crippen LogP contribution is -2.35. The zero-order chi connectivity index (χ0) is 16.2. The Hall–Kier alpha value is -1.85. The number of thiophene rings is 1. The molecule has 23 heavy (non-hydrogen) atoms. The van der Waals surface area contributed by atoms with Crippen LogP contribution in [0, 0.1) is 5.92 Å². The quantitative estimate of drug-likeness (QED) is 0.914. The number of anilines is 1. The first-order chi connectivity index (χ1) is 11.2. The van der Waals surface area contributed by atoms with Crippen LogP contribution < -0.4 is 15.4 Å². The SMILES string of the molecule is COc1ccc(N(Cc2cccs2)C(=O)C2CCC(N)C2)cc1. The van der Waals surface area contributed by atoms with Gasteiger partial charge in [-0.15, -0.1) is 11.3 Å². The number of carbonyl (C=O) groups is 1. The number of hydrogen-bond donors (Lipinski definition) is 1. The van der Waals surface area contributed by atoms with Crippen LogP contribution in [0.1, 0.15) is 24.1 Å². The second-order valence-corrected chi connectivity index (χ2v) is 7.00. The maximum absolute atomic E-state index is 13.0. The molecule has 0 saturated heterocycles. The van der Waals surface area contributed by atoms with E-state index in [0.717, 1.165) is 30.7 Å². The molecular weight excluding hydrogens is 308 g/mol. The Kier molecular flexibility index (Phi) is 4.98. The van der Waals surface area contributed by atoms with E-state index in [1.807, 2.05) is 40.6 Å². The van der Waals surface area contributed by atoms with Crippen molar-refractivity contribution in [3.8, 4) is 5.75 Å². The summed E-state index contributed by atoms with van der Waals surface area (Å²) in [4.78, 5) is 16.1. The number of nitrogens with zero attached hydrogens (tertiary/aromatic N) is 1. The first-order valence-electron chi connectivity index (χ1n) is 7.91. The third-order valence-electron chi connectivity index (χ3n) is 4.37. The average molecular weight is 330 g/mol. The Morgan fingerprint density at radius 2 is 2.09 bits per heavy atom. The largest absolute Gasteiger partial charge is 0.497 e. The third kappa shape index (κ3) is 3.74. The van der Waals surface area contributed by atoms with E-state index >= 15 is 0 Å². The molecule has 1 aliphatic carbocycles. The number of benzene rings is 1. The van der Waals surface area contributed by atoms with Crippen molar-refractivity contribution in [3.63, 3.8) is 0 Å². The predicted molar refractivity (Wildman–Crippen MR) is 93.8 cm³/mol. The number of ether oxygens (including phenoxy) is 1. The summed E-state index contributed by atoms with van der Waals surface area (Å²) in [6, 6.07) is 11.9. The van der Waals surface area contributed by atoms with Crippen molar-refractivity contribution < 1.29 is 9.53 Å². The molecule has 122 valence electrons. The second-order valence-electron chi connectivity index (χ2n) is 5.97. The van der Waals surface area contributed by atoms with Gasteiger partial charge in [-0.25, -0.2) is 0 Å². The summed E-state index contributed by atoms with van der Waals surface area (Å²) in [5.41, 5.74) is 6.90. The molecule has 2 atom stereocenters. The fourth-order valence-corrected chi connectivity index (χ4v) is 3.77. The highest BCUT2D eigenvalue weighted by atomic mass is 32.1. The fraction of sp³-hybridized carbons (Fsp3) is 0.389. The zero-order valence-corrected chi connectivity index (χ0v) is 14.1. The van der Waals surface area contributed by atoms with E-state index in [-0.39, 0.29) is 17.9 Å². The average Bonchev–Trinajstić information content (AvgIpc) is 3.24. The number of hydrogen-bond acceptors (Lipinski definition) is 4. The topological polar surface area (TPSA) is 55.6 Å². The summed E-state index contributed by atoms with van der Waals surface area (Å²) < 4.78 is 5.21. The lowest BCUT2D eigenvalue weighted by molar-refractivity contribution is -0.122. The maximum atomic E-state index is 13.0. The minimum absolute atomic E-state index is 0.0343. The highest BCUT2D eigenvalue weighted by Gasteiger charge is 2.31. The molecule has 1 fully saturated rings. The molecule has 0 radical (unpaired) electrons. The Labute approximate surface area is 140 Å². The van der Waals surface area contributed by atoms with Crippen LogP contribution in [0.4, 0.5) is 5.69 Å². The molecule has 1 heterocycles. The van der Waals surface area contributed by atoms with Gasteiger partial charge in [-0.2, -0.15) is 0 Å². The van der Waals surface area contributed by atoms with Crippen LogP contribution in [0.15, 0.2) is 41.8 Å². The van der Waals surface area contributed by atoms with Crippen LogP contribution in [0.5, 0.6) is 5.75 Å². The number of carbonyl (C=O) groups excluding carboxylic acids is 1. The van der Waals surface area contributed by atoms with Gasteiger partial charge in [-0.1, -0.05) is 6.07 Å². The van der Waals surface area contributed by atoms with Crippen molar-refractivity contribution in [2.24, 2.45) is 11.7 Å². The molecule has 1 saturated carbocycles. The van der Waals surface area contributed by atoms with Gasteiger partial charge in [0.25, 0.3) is 0 Å². The Balaban J connectivity index is 1.84. The molecule has 1 amide bonds. The summed E-state index contributed by atoms with van der Waals surface area (Å²) >= 11 is 1.67. The fourth-order valence-electron chi connectivity index (χ4n) is 3.08. The van der Waals surface area contributed by atoms with Gasteiger partial charge in [-0.3, -0.25) is 4.79 Å². The van der Waals surface area contributed by atoms with Gasteiger partial charge in [0.05, 0.1) is 13.7 Å². The predicted octanol–water partition coefficient (Wildman–Crippen LogP) is 3.42. The van der Waals surface area contributed by atoms with Gasteiger partial charge in [0.2, 0.25) is 5.91 Å². The van der Waals surface area contributed by atoms with Crippen molar-refractivity contribution in [2.45, 2.75) is 31.8 Å². The molecule has 1 aromatic heterocycles. The van der Waals surface area contributed by atoms with E-state index in [0.29, 0.717) is 6.54 Å². The van der Waals surface area contributed by atoms with Crippen LogP contribution in [-0.4, -0.2) is 19.1 Å². The zero-order valence-electron chi connectivity index (χ0n) is 13.3. The lowest BCUT2D eigenvalue weighted by Gasteiger charge is -2.25. The van der Waals surface area contributed by atoms with Gasteiger partial charge in [0, 0.05) is 22.5 Å². The monoisotopic (exact) mass is 330 g/mol. The van der Waals surface area contributed by atoms with Crippen molar-refractivity contribution in [3.05, 3.63) is 46.7 Å². The van der Waals surface area contributed by atoms with E-state index < -0.39 is 0 Å². The molecule has 2 N–H and O–H groups in total. The molecule has 3 rings (SSSR count). The summed E-state index contributed by atoms with van der Waals surface area (Å²) in [6.07, 6.45) is 2.61. The van der Waals surface area contributed by atoms with Crippen LogP contribution in [0.3, 0.4) is 0 Å². The molecule has 4 nitrogen and oxygen atoms in total. The van der Waals surface area contributed by atoms with Gasteiger partial charge in [-0.05, 0) is 55.0 Å². The van der Waals surface area contributed by atoms with E-state index in [1.54, 1.807) is 18.4 Å². The first-order valence-corrected chi connectivity index (χ1v) is 8.78. The van der Waals surface area contributed by atoms with E-state index in [9.17, 15) is 4.79 Å². The Bertz CT molecular complexity index is 640. The van der Waals surface area contributed by atoms with Gasteiger partial charge in [0.15, 0.2) is 0 Å². The van der Waals surface area contributed by atoms with Crippen molar-refractivity contribution in [2.75, 3.05) is 12.0 Å². The number of nitrogens with two attached hydrogens (primary N) is 1. The number of methoxy groups -OCH3 is 1. The number of rotatable bonds is 5. The Morgan fingerprint density at radius 3 is 2.65 bits per heavy atom. The van der Waals surface area contributed by atoms with Gasteiger partial charge < -0.3 is 15.4 Å². The van der Waals surface area contributed by atoms with E-state index in [2.05, 4.69) is 6.07 Å². The summed E-state index contributed by atoms with van der Waals surface area (Å²) in [6.45, 7) is 0.606. The van der Waals surface area contributed by atoms with E-state index in [1.165, 1.54) is 4.88 Å². The molecule has 2 unspecified atom stereocenters. The van der Waals surface area contributed by atoms with Crippen molar-refractivity contribution >= 4 is 22.9 Å². The van der Waals surface area contributed by atoms with Crippen LogP contribution >= 0.6 is 11.3 Å². The molecule has 0 spiro atoms. The highest BCUT2D eigenvalue weighted by Crippen LogP contribution is 2.30. The standard InChI is InChI=1S/C18H22N2O2S/c1-22-16-8-6-15(7-9-16)20(12-17-3-2-10-23-17)18(21)13-4-5-14(19)11-13/h2-3,6-10,13-14H,4-5,11-12,19H2,1H3. The first kappa shape index (κ1) is 16.0. The molecule has 5 heteroatoms. The minimum atomic E-state index is 0.0343. The van der Waals surface area contributed by atoms with Gasteiger partial charge >= 0.3 is 0 Å². The molecule has 0 bridgehead atoms. The Morgan fingerprint density at radius 1 is 1.30 bits per heavy atom. The van der Waals surface area contributed by atoms with Crippen LogP contribution in [-0.2, 0) is 11.3 Å². The summed E-state index contributed by atoms with van der Waals surface area (Å²) in [7, 11) is 1.64. The normalized spacial score (nSPS) is 20.4. The molecule has 0 aliphatic heterocycles. The third-order valence-corrected chi connectivity index (χ3v) is 5.23. The lowest BCUT2D eigenvalue weighted by atomic mass is 10.1. The second kappa shape index (κ2) is 7.15. The summed E-state index contributed by atoms with van der Waals surface area (Å²) in [5.74, 6) is 1.00. The number of amides is 1. The molecule has 1 aliphatic rings. The highest BCUT2D eigenvalue weighted by molar-refractivity contribution is 7.09. The van der Waals surface area contributed by atoms with Crippen LogP contribution in [0.25, 0.3) is 0 Å². The van der Waals surface area contributed by atoms with Crippen molar-refractivity contribution in [1.29, 1.82) is 0 Å². The molecular formula is C18H22N2O2S.